The Bertz CT molecular complexity index is 1480. The molecule has 0 saturated heterocycles. The van der Waals surface area contributed by atoms with Gasteiger partial charge in [-0.25, -0.2) is 0 Å². The highest BCUT2D eigenvalue weighted by molar-refractivity contribution is 6.01. The van der Waals surface area contributed by atoms with E-state index in [-0.39, 0.29) is 12.1 Å². The number of pyridine rings is 1. The van der Waals surface area contributed by atoms with E-state index in [9.17, 15) is 0 Å². The van der Waals surface area contributed by atoms with Crippen LogP contribution in [0.15, 0.2) is 90.2 Å². The Balaban J connectivity index is 1.06. The topological polar surface area (TPSA) is 66.0 Å². The van der Waals surface area contributed by atoms with Crippen LogP contribution in [-0.2, 0) is 0 Å². The first kappa shape index (κ1) is 21.3. The molecule has 2 atom stereocenters. The molecule has 1 aliphatic heterocycles. The van der Waals surface area contributed by atoms with Crippen molar-refractivity contribution in [1.29, 1.82) is 0 Å². The number of rotatable bonds is 4. The van der Waals surface area contributed by atoms with Crippen molar-refractivity contribution in [2.24, 2.45) is 4.99 Å². The molecule has 2 aromatic heterocycles. The van der Waals surface area contributed by atoms with Crippen molar-refractivity contribution in [2.45, 2.75) is 50.1 Å². The van der Waals surface area contributed by atoms with E-state index in [1.54, 1.807) is 0 Å². The Morgan fingerprint density at radius 1 is 0.806 bits per heavy atom. The third-order valence-corrected chi connectivity index (χ3v) is 7.88. The summed E-state index contributed by atoms with van der Waals surface area (Å²) in [6.07, 6.45) is 17.2. The lowest BCUT2D eigenvalue weighted by molar-refractivity contribution is 0.443. The average Bonchev–Trinajstić information content (AvgIpc) is 3.60. The first-order chi connectivity index (χ1) is 17.8. The van der Waals surface area contributed by atoms with Gasteiger partial charge in [-0.3, -0.25) is 15.1 Å². The van der Waals surface area contributed by atoms with Gasteiger partial charge in [-0.1, -0.05) is 73.9 Å². The molecular formula is C31H29N5. The fraction of sp³-hybridized carbons (Fsp3) is 0.258. The summed E-state index contributed by atoms with van der Waals surface area (Å²) in [5, 5.41) is 11.9. The Hall–Kier alpha value is -3.99. The molecule has 4 aromatic rings. The summed E-state index contributed by atoms with van der Waals surface area (Å²) in [6.45, 7) is 0. The van der Waals surface area contributed by atoms with E-state index in [4.69, 9.17) is 9.98 Å². The zero-order valence-corrected chi connectivity index (χ0v) is 20.2. The quantitative estimate of drug-likeness (QED) is 0.361. The van der Waals surface area contributed by atoms with Gasteiger partial charge in [0.15, 0.2) is 0 Å². The van der Waals surface area contributed by atoms with Gasteiger partial charge < -0.3 is 5.32 Å². The van der Waals surface area contributed by atoms with Crippen LogP contribution < -0.4 is 5.32 Å². The van der Waals surface area contributed by atoms with Crippen molar-refractivity contribution in [3.05, 3.63) is 102 Å². The standard InChI is InChI=1S/C31H29N5/c1-2-4-20(5-3-1)21-6-8-22(9-7-21)27-14-13-26(18-32-27)31-34-28-15-12-24(17-30(28)35-31)23-10-11-25-19-33-36-29(25)16-23/h6-20,28,30H,1-5H2,(H,33,36)(H,34,35). The van der Waals surface area contributed by atoms with E-state index in [2.05, 4.69) is 88.3 Å². The fourth-order valence-electron chi connectivity index (χ4n) is 5.80. The number of fused-ring (bicyclic) bond motifs is 2. The number of hydrogen-bond donors (Lipinski definition) is 2. The van der Waals surface area contributed by atoms with E-state index >= 15 is 0 Å². The van der Waals surface area contributed by atoms with E-state index in [1.807, 2.05) is 12.4 Å². The molecule has 2 N–H and O–H groups in total. The molecular weight excluding hydrogens is 442 g/mol. The highest BCUT2D eigenvalue weighted by atomic mass is 15.1. The molecule has 5 nitrogen and oxygen atoms in total. The first-order valence-corrected chi connectivity index (χ1v) is 13.0. The molecule has 7 rings (SSSR count). The number of H-pyrrole nitrogens is 1. The zero-order chi connectivity index (χ0) is 23.9. The lowest BCUT2D eigenvalue weighted by atomic mass is 9.84. The maximum absolute atomic E-state index is 4.93. The summed E-state index contributed by atoms with van der Waals surface area (Å²) >= 11 is 0. The summed E-state index contributed by atoms with van der Waals surface area (Å²) in [5.74, 6) is 1.64. The highest BCUT2D eigenvalue weighted by Gasteiger charge is 2.28. The second-order valence-electron chi connectivity index (χ2n) is 10.2. The third-order valence-electron chi connectivity index (χ3n) is 7.88. The molecule has 36 heavy (non-hydrogen) atoms. The first-order valence-electron chi connectivity index (χ1n) is 13.0. The molecule has 3 heterocycles. The molecule has 2 aromatic carbocycles. The van der Waals surface area contributed by atoms with Crippen LogP contribution in [0.5, 0.6) is 0 Å². The Labute approximate surface area is 211 Å². The maximum Gasteiger partial charge on any atom is 0.131 e. The van der Waals surface area contributed by atoms with Gasteiger partial charge in [-0.15, -0.1) is 0 Å². The van der Waals surface area contributed by atoms with Crippen LogP contribution in [0.4, 0.5) is 0 Å². The van der Waals surface area contributed by atoms with Crippen LogP contribution >= 0.6 is 0 Å². The second kappa shape index (κ2) is 8.90. The Morgan fingerprint density at radius 3 is 2.47 bits per heavy atom. The van der Waals surface area contributed by atoms with E-state index in [0.717, 1.165) is 33.9 Å². The number of aromatic amines is 1. The number of aromatic nitrogens is 3. The number of benzene rings is 2. The molecule has 178 valence electrons. The van der Waals surface area contributed by atoms with E-state index in [1.165, 1.54) is 54.4 Å². The summed E-state index contributed by atoms with van der Waals surface area (Å²) < 4.78 is 0. The molecule has 0 spiro atoms. The van der Waals surface area contributed by atoms with E-state index < -0.39 is 0 Å². The molecule has 0 radical (unpaired) electrons. The van der Waals surface area contributed by atoms with Crippen LogP contribution in [-0.4, -0.2) is 33.1 Å². The number of nitrogens with one attached hydrogen (secondary N) is 2. The van der Waals surface area contributed by atoms with Gasteiger partial charge in [0, 0.05) is 22.7 Å². The molecule has 1 fully saturated rings. The predicted molar refractivity (Wildman–Crippen MR) is 146 cm³/mol. The molecule has 0 bridgehead atoms. The van der Waals surface area contributed by atoms with Gasteiger partial charge in [0.1, 0.15) is 5.84 Å². The van der Waals surface area contributed by atoms with Gasteiger partial charge in [0.25, 0.3) is 0 Å². The van der Waals surface area contributed by atoms with Crippen LogP contribution in [0.3, 0.4) is 0 Å². The number of allylic oxidation sites excluding steroid dienone is 2. The van der Waals surface area contributed by atoms with Crippen LogP contribution in [0, 0.1) is 0 Å². The summed E-state index contributed by atoms with van der Waals surface area (Å²) in [5.41, 5.74) is 8.09. The number of nitrogens with zero attached hydrogens (tertiary/aromatic N) is 3. The smallest absolute Gasteiger partial charge is 0.131 e. The van der Waals surface area contributed by atoms with Crippen molar-refractivity contribution in [3.8, 4) is 11.3 Å². The highest BCUT2D eigenvalue weighted by Crippen LogP contribution is 2.33. The van der Waals surface area contributed by atoms with Crippen molar-refractivity contribution < 1.29 is 0 Å². The van der Waals surface area contributed by atoms with Gasteiger partial charge in [-0.05, 0) is 53.7 Å². The normalized spacial score (nSPS) is 21.7. The molecule has 0 amide bonds. The molecule has 3 aliphatic rings. The van der Waals surface area contributed by atoms with Crippen molar-refractivity contribution in [1.82, 2.24) is 20.5 Å². The lowest BCUT2D eigenvalue weighted by Crippen LogP contribution is -2.33. The second-order valence-corrected chi connectivity index (χ2v) is 10.2. The van der Waals surface area contributed by atoms with Crippen LogP contribution in [0.2, 0.25) is 0 Å². The number of amidine groups is 1. The monoisotopic (exact) mass is 471 g/mol. The Kier molecular flexibility index (Phi) is 5.27. The minimum atomic E-state index is 0.103. The van der Waals surface area contributed by atoms with Gasteiger partial charge in [-0.2, -0.15) is 5.10 Å². The van der Waals surface area contributed by atoms with Crippen molar-refractivity contribution in [2.75, 3.05) is 0 Å². The number of hydrogen-bond acceptors (Lipinski definition) is 4. The van der Waals surface area contributed by atoms with Crippen LogP contribution in [0.25, 0.3) is 27.7 Å². The van der Waals surface area contributed by atoms with E-state index in [0.29, 0.717) is 0 Å². The summed E-state index contributed by atoms with van der Waals surface area (Å²) in [7, 11) is 0. The van der Waals surface area contributed by atoms with Gasteiger partial charge >= 0.3 is 0 Å². The van der Waals surface area contributed by atoms with Crippen molar-refractivity contribution in [3.63, 3.8) is 0 Å². The average molecular weight is 472 g/mol. The van der Waals surface area contributed by atoms with Crippen molar-refractivity contribution >= 4 is 22.3 Å². The van der Waals surface area contributed by atoms with Gasteiger partial charge in [0.05, 0.1) is 29.5 Å². The predicted octanol–water partition coefficient (Wildman–Crippen LogP) is 6.41. The third kappa shape index (κ3) is 3.95. The van der Waals surface area contributed by atoms with Crippen LogP contribution in [0.1, 0.15) is 54.7 Å². The lowest BCUT2D eigenvalue weighted by Gasteiger charge is -2.22. The van der Waals surface area contributed by atoms with Gasteiger partial charge in [0.2, 0.25) is 0 Å². The molecule has 2 unspecified atom stereocenters. The fourth-order valence-corrected chi connectivity index (χ4v) is 5.80. The summed E-state index contributed by atoms with van der Waals surface area (Å²) in [4.78, 5) is 9.71. The minimum Gasteiger partial charge on any atom is -0.361 e. The SMILES string of the molecule is C1=CC2N=C(c3ccc(-c4ccc(C5CCCCC5)cc4)nc3)NC2C=C1c1ccc2cn[nH]c2c1. The summed E-state index contributed by atoms with van der Waals surface area (Å²) in [6, 6.07) is 19.9. The molecule has 1 saturated carbocycles. The number of aliphatic imine (C=N–C) groups is 1. The Morgan fingerprint density at radius 2 is 1.64 bits per heavy atom. The largest absolute Gasteiger partial charge is 0.361 e. The minimum absolute atomic E-state index is 0.103. The molecule has 5 heteroatoms. The molecule has 2 aliphatic carbocycles. The zero-order valence-electron chi connectivity index (χ0n) is 20.2. The maximum atomic E-state index is 4.93.